The molecule has 3 aromatic rings. The molecule has 1 aromatic heterocycles. The van der Waals surface area contributed by atoms with Gasteiger partial charge in [-0.2, -0.15) is 0 Å². The molecular formula is C38H48IrNO2-. The third-order valence-corrected chi connectivity index (χ3v) is 11.1. The normalized spacial score (nSPS) is 21.3. The first-order valence-corrected chi connectivity index (χ1v) is 16.3. The summed E-state index contributed by atoms with van der Waals surface area (Å²) < 4.78 is 0. The van der Waals surface area contributed by atoms with Crippen molar-refractivity contribution in [2.75, 3.05) is 0 Å². The number of benzene rings is 2. The molecule has 1 N–H and O–H groups in total. The quantitative estimate of drug-likeness (QED) is 0.256. The number of nitrogens with zero attached hydrogens (tertiary/aromatic N) is 1. The number of pyridine rings is 1. The monoisotopic (exact) mass is 743 g/mol. The van der Waals surface area contributed by atoms with Crippen molar-refractivity contribution in [1.29, 1.82) is 0 Å². The smallest absolute Gasteiger partial charge is 0.168 e. The first-order chi connectivity index (χ1) is 19.9. The molecule has 1 atom stereocenters. The number of rotatable bonds is 6. The first kappa shape index (κ1) is 32.6. The van der Waals surface area contributed by atoms with E-state index in [0.717, 1.165) is 74.1 Å². The van der Waals surface area contributed by atoms with Crippen molar-refractivity contribution < 1.29 is 30.0 Å². The van der Waals surface area contributed by atoms with E-state index < -0.39 is 0 Å². The number of fused-ring (bicyclic) bond motifs is 2. The van der Waals surface area contributed by atoms with Crippen molar-refractivity contribution in [1.82, 2.24) is 4.98 Å². The van der Waals surface area contributed by atoms with E-state index >= 15 is 0 Å². The van der Waals surface area contributed by atoms with Crippen LogP contribution in [0, 0.1) is 22.8 Å². The van der Waals surface area contributed by atoms with Crippen LogP contribution in [-0.2, 0) is 24.9 Å². The molecular weight excluding hydrogens is 695 g/mol. The predicted molar refractivity (Wildman–Crippen MR) is 170 cm³/mol. The Morgan fingerprint density at radius 1 is 0.857 bits per heavy atom. The van der Waals surface area contributed by atoms with Gasteiger partial charge in [0.15, 0.2) is 5.78 Å². The molecule has 3 aliphatic rings. The van der Waals surface area contributed by atoms with E-state index in [-0.39, 0.29) is 36.7 Å². The molecule has 2 aromatic carbocycles. The number of allylic oxidation sites excluding steroid dienone is 2. The van der Waals surface area contributed by atoms with Crippen LogP contribution in [0.3, 0.4) is 0 Å². The molecule has 1 unspecified atom stereocenters. The molecule has 2 saturated carbocycles. The molecule has 1 heterocycles. The number of aromatic nitrogens is 1. The van der Waals surface area contributed by atoms with E-state index in [2.05, 4.69) is 75.3 Å². The van der Waals surface area contributed by atoms with E-state index in [1.807, 2.05) is 18.2 Å². The zero-order valence-corrected chi connectivity index (χ0v) is 28.4. The Labute approximate surface area is 267 Å². The minimum absolute atomic E-state index is 0. The molecule has 3 aliphatic carbocycles. The maximum absolute atomic E-state index is 13.1. The topological polar surface area (TPSA) is 50.2 Å². The summed E-state index contributed by atoms with van der Waals surface area (Å²) in [7, 11) is 0. The van der Waals surface area contributed by atoms with Crippen LogP contribution in [0.1, 0.15) is 116 Å². The molecule has 3 nitrogen and oxygen atoms in total. The van der Waals surface area contributed by atoms with E-state index in [1.165, 1.54) is 42.0 Å². The number of ketones is 1. The fraction of sp³-hybridized carbons (Fsp3) is 0.526. The van der Waals surface area contributed by atoms with Gasteiger partial charge in [0.1, 0.15) is 5.76 Å². The van der Waals surface area contributed by atoms with E-state index in [0.29, 0.717) is 11.7 Å². The van der Waals surface area contributed by atoms with Crippen molar-refractivity contribution in [2.45, 2.75) is 111 Å². The minimum atomic E-state index is -0.204. The van der Waals surface area contributed by atoms with Crippen molar-refractivity contribution in [3.05, 3.63) is 77.7 Å². The Kier molecular flexibility index (Phi) is 10.9. The third kappa shape index (κ3) is 6.04. The fourth-order valence-corrected chi connectivity index (χ4v) is 7.97. The van der Waals surface area contributed by atoms with Gasteiger partial charge in [-0.25, -0.2) is 0 Å². The molecule has 0 spiro atoms. The van der Waals surface area contributed by atoms with E-state index in [1.54, 1.807) is 0 Å². The Bertz CT molecular complexity index is 1380. The molecule has 2 fully saturated rings. The summed E-state index contributed by atoms with van der Waals surface area (Å²) in [4.78, 5) is 17.7. The maximum Gasteiger partial charge on any atom is 0.168 e. The molecule has 4 heteroatoms. The van der Waals surface area contributed by atoms with Crippen LogP contribution in [0.15, 0.2) is 66.1 Å². The number of carbonyl (C=O) groups excluding carboxylic acids is 1. The van der Waals surface area contributed by atoms with Crippen LogP contribution in [0.25, 0.3) is 22.0 Å². The zero-order chi connectivity index (χ0) is 29.0. The minimum Gasteiger partial charge on any atom is -0.511 e. The number of Topliss-reactive ketones (excluding diaryl/α,β-unsaturated/α-hetero) is 1. The Morgan fingerprint density at radius 3 is 2.14 bits per heavy atom. The van der Waals surface area contributed by atoms with E-state index in [9.17, 15) is 9.90 Å². The average molecular weight is 743 g/mol. The molecule has 0 bridgehead atoms. The summed E-state index contributed by atoms with van der Waals surface area (Å²) in [5.74, 6) is 1.77. The van der Waals surface area contributed by atoms with Gasteiger partial charge >= 0.3 is 0 Å². The summed E-state index contributed by atoms with van der Waals surface area (Å²) in [5, 5.41) is 13.5. The summed E-state index contributed by atoms with van der Waals surface area (Å²) in [5.41, 5.74) is 4.03. The molecule has 1 radical (unpaired) electrons. The fourth-order valence-electron chi connectivity index (χ4n) is 7.97. The maximum atomic E-state index is 13.1. The van der Waals surface area contributed by atoms with Gasteiger partial charge in [0, 0.05) is 48.1 Å². The Morgan fingerprint density at radius 2 is 1.52 bits per heavy atom. The average Bonchev–Trinajstić information content (AvgIpc) is 3.57. The van der Waals surface area contributed by atoms with Gasteiger partial charge in [-0.3, -0.25) is 4.79 Å². The number of hydrogen-bond acceptors (Lipinski definition) is 3. The van der Waals surface area contributed by atoms with Crippen molar-refractivity contribution in [3.8, 4) is 11.3 Å². The second-order valence-corrected chi connectivity index (χ2v) is 12.7. The largest absolute Gasteiger partial charge is 0.511 e. The summed E-state index contributed by atoms with van der Waals surface area (Å²) >= 11 is 0. The standard InChI is InChI=1S/C20H18N.C18H30O2.Ir/c1-2-9-16(10-3-1)20-13-17-11-6-12-18(19(17)14-21-20)15-7-4-5-8-15;1-5-17(6-2)11-9-13-10-12-18(7-3,8-4)16(20)14(13)15(17)19;/h1-3,6,9,11-15H,4-5,7-8H2;13,19H,5-12H2,1-4H3;/q-1;;. The van der Waals surface area contributed by atoms with Gasteiger partial charge in [-0.05, 0) is 92.7 Å². The van der Waals surface area contributed by atoms with Crippen LogP contribution in [0.4, 0.5) is 0 Å². The summed E-state index contributed by atoms with van der Waals surface area (Å²) in [6.07, 6.45) is 15.3. The molecule has 6 rings (SSSR count). The van der Waals surface area contributed by atoms with Gasteiger partial charge in [0.05, 0.1) is 0 Å². The summed E-state index contributed by atoms with van der Waals surface area (Å²) in [6, 6.07) is 20.2. The van der Waals surface area contributed by atoms with Crippen LogP contribution in [0.5, 0.6) is 0 Å². The van der Waals surface area contributed by atoms with Crippen molar-refractivity contribution in [2.24, 2.45) is 16.7 Å². The van der Waals surface area contributed by atoms with Crippen molar-refractivity contribution in [3.63, 3.8) is 0 Å². The van der Waals surface area contributed by atoms with Gasteiger partial charge in [0.25, 0.3) is 0 Å². The van der Waals surface area contributed by atoms with Gasteiger partial charge in [-0.1, -0.05) is 64.8 Å². The Balaban J connectivity index is 0.000000189. The van der Waals surface area contributed by atoms with Gasteiger partial charge < -0.3 is 10.1 Å². The SMILES string of the molecule is CCC1(CC)CCC2CCC(CC)(CC)C(O)=C2C1=O.[Ir].[c-]1ccccc1-c1cc2cccc(C3CCCC3)c2cn1. The second-order valence-electron chi connectivity index (χ2n) is 12.7. The molecule has 0 aliphatic heterocycles. The van der Waals surface area contributed by atoms with E-state index in [4.69, 9.17) is 0 Å². The van der Waals surface area contributed by atoms with Crippen LogP contribution >= 0.6 is 0 Å². The predicted octanol–water partition coefficient (Wildman–Crippen LogP) is 10.5. The second kappa shape index (κ2) is 14.0. The zero-order valence-electron chi connectivity index (χ0n) is 26.0. The first-order valence-electron chi connectivity index (χ1n) is 16.3. The Hall–Kier alpha value is -2.29. The van der Waals surface area contributed by atoms with Crippen LogP contribution in [0.2, 0.25) is 0 Å². The number of hydrogen-bond donors (Lipinski definition) is 1. The molecule has 227 valence electrons. The molecule has 0 saturated heterocycles. The number of carbonyl (C=O) groups is 1. The van der Waals surface area contributed by atoms with Crippen LogP contribution in [-0.4, -0.2) is 15.9 Å². The van der Waals surface area contributed by atoms with Gasteiger partial charge in [-0.15, -0.1) is 35.9 Å². The van der Waals surface area contributed by atoms with Crippen LogP contribution < -0.4 is 0 Å². The molecule has 0 amide bonds. The van der Waals surface area contributed by atoms with Crippen molar-refractivity contribution >= 4 is 16.6 Å². The third-order valence-electron chi connectivity index (χ3n) is 11.1. The van der Waals surface area contributed by atoms with Gasteiger partial charge in [0.2, 0.25) is 0 Å². The molecule has 42 heavy (non-hydrogen) atoms. The summed E-state index contributed by atoms with van der Waals surface area (Å²) in [6.45, 7) is 8.52. The number of aliphatic hydroxyl groups excluding tert-OH is 1. The number of aliphatic hydroxyl groups is 1.